The first kappa shape index (κ1) is 12.2. The third-order valence-corrected chi connectivity index (χ3v) is 2.43. The number of imidazole rings is 1. The van der Waals surface area contributed by atoms with Crippen molar-refractivity contribution in [2.45, 2.75) is 12.8 Å². The second-order valence-corrected chi connectivity index (χ2v) is 3.76. The fourth-order valence-electron chi connectivity index (χ4n) is 1.51. The average Bonchev–Trinajstić information content (AvgIpc) is 2.79. The molecule has 0 aliphatic rings. The molecule has 1 aromatic carbocycles. The molecule has 18 heavy (non-hydrogen) atoms. The molecule has 0 fully saturated rings. The monoisotopic (exact) mass is 252 g/mol. The van der Waals surface area contributed by atoms with Gasteiger partial charge in [0.1, 0.15) is 0 Å². The van der Waals surface area contributed by atoms with Crippen LogP contribution in [-0.2, 0) is 11.2 Å². The molecule has 0 aliphatic carbocycles. The van der Waals surface area contributed by atoms with Crippen molar-refractivity contribution in [3.8, 4) is 5.69 Å². The van der Waals surface area contributed by atoms with Crippen LogP contribution >= 0.6 is 0 Å². The molecule has 1 N–H and O–H groups in total. The summed E-state index contributed by atoms with van der Waals surface area (Å²) in [6.45, 7) is 0. The summed E-state index contributed by atoms with van der Waals surface area (Å²) >= 11 is 0. The fourth-order valence-corrected chi connectivity index (χ4v) is 1.51. The number of halogens is 2. The molecular formula is C12H10F2N2O2. The number of nitrogens with zero attached hydrogens (tertiary/aromatic N) is 2. The van der Waals surface area contributed by atoms with Gasteiger partial charge in [0.15, 0.2) is 11.6 Å². The summed E-state index contributed by atoms with van der Waals surface area (Å²) < 4.78 is 27.3. The van der Waals surface area contributed by atoms with E-state index in [1.54, 1.807) is 6.20 Å². The van der Waals surface area contributed by atoms with Gasteiger partial charge in [-0.3, -0.25) is 4.79 Å². The zero-order valence-corrected chi connectivity index (χ0v) is 9.31. The van der Waals surface area contributed by atoms with Crippen LogP contribution in [0.5, 0.6) is 0 Å². The Morgan fingerprint density at radius 1 is 1.33 bits per heavy atom. The van der Waals surface area contributed by atoms with Crippen molar-refractivity contribution in [1.82, 2.24) is 9.55 Å². The first-order chi connectivity index (χ1) is 8.56. The zero-order chi connectivity index (χ0) is 13.1. The zero-order valence-electron chi connectivity index (χ0n) is 9.31. The number of hydrogen-bond donors (Lipinski definition) is 1. The minimum atomic E-state index is -0.937. The number of carboxylic acids is 1. The summed E-state index contributed by atoms with van der Waals surface area (Å²) in [6, 6.07) is 3.50. The Morgan fingerprint density at radius 3 is 2.78 bits per heavy atom. The average molecular weight is 252 g/mol. The minimum Gasteiger partial charge on any atom is -0.481 e. The van der Waals surface area contributed by atoms with E-state index in [0.717, 1.165) is 12.1 Å². The van der Waals surface area contributed by atoms with Crippen LogP contribution in [0.4, 0.5) is 8.78 Å². The second-order valence-electron chi connectivity index (χ2n) is 3.76. The van der Waals surface area contributed by atoms with Crippen LogP contribution in [0.25, 0.3) is 5.69 Å². The molecule has 0 aliphatic heterocycles. The molecule has 0 saturated carbocycles. The van der Waals surface area contributed by atoms with Gasteiger partial charge in [-0.25, -0.2) is 13.8 Å². The maximum Gasteiger partial charge on any atom is 0.303 e. The van der Waals surface area contributed by atoms with Crippen molar-refractivity contribution < 1.29 is 18.7 Å². The van der Waals surface area contributed by atoms with Crippen molar-refractivity contribution in [3.63, 3.8) is 0 Å². The van der Waals surface area contributed by atoms with Gasteiger partial charge in [-0.15, -0.1) is 0 Å². The Bertz CT molecular complexity index is 581. The smallest absolute Gasteiger partial charge is 0.303 e. The van der Waals surface area contributed by atoms with Crippen molar-refractivity contribution in [2.75, 3.05) is 0 Å². The molecule has 0 spiro atoms. The lowest BCUT2D eigenvalue weighted by molar-refractivity contribution is -0.136. The predicted molar refractivity (Wildman–Crippen MR) is 59.4 cm³/mol. The SMILES string of the molecule is O=C(O)CCc1cn(-c2ccc(F)c(F)c2)cn1. The van der Waals surface area contributed by atoms with Gasteiger partial charge >= 0.3 is 5.97 Å². The molecule has 0 atom stereocenters. The van der Waals surface area contributed by atoms with Gasteiger partial charge in [0.2, 0.25) is 0 Å². The number of aryl methyl sites for hydroxylation is 1. The lowest BCUT2D eigenvalue weighted by Crippen LogP contribution is -1.97. The van der Waals surface area contributed by atoms with Gasteiger partial charge in [-0.2, -0.15) is 0 Å². The third kappa shape index (κ3) is 2.71. The Labute approximate surface area is 102 Å². The molecule has 0 unspecified atom stereocenters. The van der Waals surface area contributed by atoms with Gasteiger partial charge in [-0.1, -0.05) is 0 Å². The first-order valence-corrected chi connectivity index (χ1v) is 5.26. The largest absolute Gasteiger partial charge is 0.481 e. The van der Waals surface area contributed by atoms with Crippen molar-refractivity contribution in [1.29, 1.82) is 0 Å². The molecular weight excluding hydrogens is 242 g/mol. The maximum absolute atomic E-state index is 13.0. The van der Waals surface area contributed by atoms with E-state index in [-0.39, 0.29) is 6.42 Å². The molecule has 2 aromatic rings. The lowest BCUT2D eigenvalue weighted by Gasteiger charge is -2.01. The van der Waals surface area contributed by atoms with Gasteiger partial charge in [0.25, 0.3) is 0 Å². The Balaban J connectivity index is 2.18. The van der Waals surface area contributed by atoms with E-state index in [1.807, 2.05) is 0 Å². The molecule has 94 valence electrons. The van der Waals surface area contributed by atoms with Crippen molar-refractivity contribution >= 4 is 5.97 Å². The highest BCUT2D eigenvalue weighted by Crippen LogP contribution is 2.14. The van der Waals surface area contributed by atoms with E-state index in [9.17, 15) is 13.6 Å². The highest BCUT2D eigenvalue weighted by molar-refractivity contribution is 5.66. The summed E-state index contributed by atoms with van der Waals surface area (Å²) in [6.07, 6.45) is 3.31. The first-order valence-electron chi connectivity index (χ1n) is 5.26. The van der Waals surface area contributed by atoms with E-state index in [4.69, 9.17) is 5.11 Å². The Hall–Kier alpha value is -2.24. The van der Waals surface area contributed by atoms with Crippen molar-refractivity contribution in [3.05, 3.63) is 48.1 Å². The Morgan fingerprint density at radius 2 is 2.11 bits per heavy atom. The molecule has 0 saturated heterocycles. The summed E-state index contributed by atoms with van der Waals surface area (Å²) in [5.74, 6) is -2.75. The van der Waals surface area contributed by atoms with Crippen LogP contribution in [0.3, 0.4) is 0 Å². The number of carboxylic acid groups (broad SMARTS) is 1. The third-order valence-electron chi connectivity index (χ3n) is 2.43. The van der Waals surface area contributed by atoms with E-state index >= 15 is 0 Å². The maximum atomic E-state index is 13.0. The highest BCUT2D eigenvalue weighted by atomic mass is 19.2. The molecule has 6 heteroatoms. The van der Waals surface area contributed by atoms with Gasteiger partial charge in [-0.05, 0) is 12.1 Å². The summed E-state index contributed by atoms with van der Waals surface area (Å²) in [5, 5.41) is 8.54. The van der Waals surface area contributed by atoms with Gasteiger partial charge in [0.05, 0.1) is 18.4 Å². The van der Waals surface area contributed by atoms with E-state index < -0.39 is 17.6 Å². The molecule has 2 rings (SSSR count). The second kappa shape index (κ2) is 4.95. The number of rotatable bonds is 4. The quantitative estimate of drug-likeness (QED) is 0.907. The van der Waals surface area contributed by atoms with E-state index in [0.29, 0.717) is 17.8 Å². The molecule has 1 aromatic heterocycles. The summed E-state index contributed by atoms with van der Waals surface area (Å²) in [5.41, 5.74) is 1.02. The molecule has 0 radical (unpaired) electrons. The Kier molecular flexibility index (Phi) is 3.36. The van der Waals surface area contributed by atoms with Crippen LogP contribution in [0.15, 0.2) is 30.7 Å². The van der Waals surface area contributed by atoms with Crippen LogP contribution in [0, 0.1) is 11.6 Å². The lowest BCUT2D eigenvalue weighted by atomic mass is 10.2. The van der Waals surface area contributed by atoms with Gasteiger partial charge < -0.3 is 9.67 Å². The number of hydrogen-bond acceptors (Lipinski definition) is 2. The molecule has 0 amide bonds. The van der Waals surface area contributed by atoms with Crippen LogP contribution in [0.1, 0.15) is 12.1 Å². The van der Waals surface area contributed by atoms with Crippen molar-refractivity contribution in [2.24, 2.45) is 0 Å². The number of aliphatic carboxylic acids is 1. The predicted octanol–water partition coefficient (Wildman–Crippen LogP) is 2.17. The van der Waals surface area contributed by atoms with Crippen LogP contribution < -0.4 is 0 Å². The normalized spacial score (nSPS) is 10.6. The van der Waals surface area contributed by atoms with Crippen LogP contribution in [-0.4, -0.2) is 20.6 Å². The molecule has 4 nitrogen and oxygen atoms in total. The summed E-state index contributed by atoms with van der Waals surface area (Å²) in [7, 11) is 0. The van der Waals surface area contributed by atoms with E-state index in [2.05, 4.69) is 4.98 Å². The summed E-state index contributed by atoms with van der Waals surface area (Å²) in [4.78, 5) is 14.4. The minimum absolute atomic E-state index is 0.0191. The van der Waals surface area contributed by atoms with E-state index in [1.165, 1.54) is 17.0 Å². The standard InChI is InChI=1S/C12H10F2N2O2/c13-10-3-2-9(5-11(10)14)16-6-8(15-7-16)1-4-12(17)18/h2-3,5-7H,1,4H2,(H,17,18). The van der Waals surface area contributed by atoms with Gasteiger partial charge in [0, 0.05) is 24.4 Å². The number of benzene rings is 1. The molecule has 0 bridgehead atoms. The van der Waals surface area contributed by atoms with Crippen LogP contribution in [0.2, 0.25) is 0 Å². The number of aromatic nitrogens is 2. The number of carbonyl (C=O) groups is 1. The fraction of sp³-hybridized carbons (Fsp3) is 0.167. The topological polar surface area (TPSA) is 55.1 Å². The highest BCUT2D eigenvalue weighted by Gasteiger charge is 2.06. The molecule has 1 heterocycles.